The molecule has 1 aliphatic carbocycles. The first-order valence-electron chi connectivity index (χ1n) is 13.6. The second-order valence-electron chi connectivity index (χ2n) is 11.6. The van der Waals surface area contributed by atoms with Gasteiger partial charge in [0.1, 0.15) is 11.3 Å². The van der Waals surface area contributed by atoms with E-state index in [1.165, 1.54) is 0 Å². The number of fused-ring (bicyclic) bond motifs is 3. The van der Waals surface area contributed by atoms with Crippen LogP contribution in [-0.2, 0) is 16.9 Å². The van der Waals surface area contributed by atoms with Crippen molar-refractivity contribution in [3.05, 3.63) is 72.1 Å². The summed E-state index contributed by atoms with van der Waals surface area (Å²) < 4.78 is 13.6. The fourth-order valence-electron chi connectivity index (χ4n) is 5.34. The lowest BCUT2D eigenvalue weighted by Crippen LogP contribution is -2.52. The van der Waals surface area contributed by atoms with Crippen LogP contribution in [0.2, 0.25) is 0 Å². The molecule has 0 atom stereocenters. The number of anilines is 1. The Hall–Kier alpha value is -4.40. The maximum absolute atomic E-state index is 12.6. The molecular formula is C31H34N6O3. The van der Waals surface area contributed by atoms with Gasteiger partial charge in [-0.25, -0.2) is 9.78 Å². The van der Waals surface area contributed by atoms with Gasteiger partial charge in [-0.05, 0) is 57.2 Å². The lowest BCUT2D eigenvalue weighted by atomic mass is 9.71. The minimum absolute atomic E-state index is 0.294. The van der Waals surface area contributed by atoms with Crippen LogP contribution in [0.4, 0.5) is 10.7 Å². The van der Waals surface area contributed by atoms with Crippen molar-refractivity contribution in [1.29, 1.82) is 0 Å². The number of aromatic nitrogens is 4. The molecule has 3 heterocycles. The second kappa shape index (κ2) is 9.66. The van der Waals surface area contributed by atoms with Crippen molar-refractivity contribution in [2.75, 3.05) is 19.0 Å². The quantitative estimate of drug-likeness (QED) is 0.340. The molecule has 2 aromatic carbocycles. The van der Waals surface area contributed by atoms with Crippen molar-refractivity contribution in [2.45, 2.75) is 57.8 Å². The highest BCUT2D eigenvalue weighted by atomic mass is 16.6. The summed E-state index contributed by atoms with van der Waals surface area (Å²) in [6, 6.07) is 20.7. The molecule has 1 fully saturated rings. The summed E-state index contributed by atoms with van der Waals surface area (Å²) in [5, 5.41) is 11.8. The lowest BCUT2D eigenvalue weighted by Gasteiger charge is -2.43. The number of rotatable bonds is 5. The van der Waals surface area contributed by atoms with Gasteiger partial charge >= 0.3 is 6.09 Å². The number of carbonyl (C=O) groups excluding carboxylic acids is 1. The molecule has 1 saturated carbocycles. The number of nitrogens with zero attached hydrogens (tertiary/aromatic N) is 5. The van der Waals surface area contributed by atoms with Gasteiger partial charge in [-0.15, -0.1) is 10.2 Å². The standard InChI is InChI=1S/C31H34N6O3/c1-30(2,3)40-29(38)33-31(16-9-17-31)22-14-12-21(13-15-22)26-23(20-10-7-6-8-11-20)18-24-27(32-26)39-19-25-34-35-28(36(4)5)37(24)25/h6-8,10-15,18H,9,16-17,19H2,1-5H3,(H,33,38). The van der Waals surface area contributed by atoms with E-state index in [4.69, 9.17) is 14.5 Å². The summed E-state index contributed by atoms with van der Waals surface area (Å²) in [5.41, 5.74) is 4.72. The first kappa shape index (κ1) is 25.9. The average Bonchev–Trinajstić information content (AvgIpc) is 3.35. The van der Waals surface area contributed by atoms with Gasteiger partial charge in [0.05, 0.1) is 11.2 Å². The van der Waals surface area contributed by atoms with E-state index < -0.39 is 11.1 Å². The van der Waals surface area contributed by atoms with E-state index in [9.17, 15) is 4.79 Å². The van der Waals surface area contributed by atoms with E-state index in [0.29, 0.717) is 12.5 Å². The highest BCUT2D eigenvalue weighted by molar-refractivity contribution is 5.83. The molecule has 2 aromatic heterocycles. The van der Waals surface area contributed by atoms with Crippen LogP contribution in [-0.4, -0.2) is 45.5 Å². The van der Waals surface area contributed by atoms with Crippen LogP contribution >= 0.6 is 0 Å². The Morgan fingerprint density at radius 2 is 1.75 bits per heavy atom. The van der Waals surface area contributed by atoms with E-state index in [1.54, 1.807) is 0 Å². The largest absolute Gasteiger partial charge is 0.468 e. The van der Waals surface area contributed by atoms with Crippen molar-refractivity contribution in [3.8, 4) is 34.0 Å². The first-order chi connectivity index (χ1) is 19.1. The Morgan fingerprint density at radius 3 is 2.38 bits per heavy atom. The number of carbonyl (C=O) groups is 1. The Kier molecular flexibility index (Phi) is 6.24. The van der Waals surface area contributed by atoms with Gasteiger partial charge in [-0.3, -0.25) is 4.57 Å². The number of ether oxygens (including phenoxy) is 2. The van der Waals surface area contributed by atoms with E-state index in [-0.39, 0.29) is 6.09 Å². The summed E-state index contributed by atoms with van der Waals surface area (Å²) in [6.07, 6.45) is 2.42. The zero-order chi connectivity index (χ0) is 28.1. The van der Waals surface area contributed by atoms with Gasteiger partial charge in [0.2, 0.25) is 11.8 Å². The molecule has 1 amide bonds. The summed E-state index contributed by atoms with van der Waals surface area (Å²) in [6.45, 7) is 5.92. The molecule has 0 spiro atoms. The van der Waals surface area contributed by atoms with E-state index >= 15 is 0 Å². The predicted octanol–water partition coefficient (Wildman–Crippen LogP) is 5.86. The molecule has 0 saturated heterocycles. The number of pyridine rings is 1. The average molecular weight is 539 g/mol. The third-order valence-electron chi connectivity index (χ3n) is 7.40. The van der Waals surface area contributed by atoms with Crippen LogP contribution in [0.25, 0.3) is 28.1 Å². The molecule has 9 nitrogen and oxygen atoms in total. The van der Waals surface area contributed by atoms with Gasteiger partial charge in [-0.2, -0.15) is 0 Å². The van der Waals surface area contributed by atoms with E-state index in [2.05, 4.69) is 58.0 Å². The molecule has 1 aliphatic heterocycles. The zero-order valence-corrected chi connectivity index (χ0v) is 23.6. The van der Waals surface area contributed by atoms with E-state index in [1.807, 2.05) is 62.5 Å². The molecular weight excluding hydrogens is 504 g/mol. The van der Waals surface area contributed by atoms with Gasteiger partial charge in [0.15, 0.2) is 12.4 Å². The van der Waals surface area contributed by atoms with Crippen LogP contribution < -0.4 is 15.0 Å². The molecule has 9 heteroatoms. The summed E-state index contributed by atoms with van der Waals surface area (Å²) in [7, 11) is 3.89. The molecule has 0 radical (unpaired) electrons. The molecule has 0 unspecified atom stereocenters. The molecule has 6 rings (SSSR count). The Morgan fingerprint density at radius 1 is 1.02 bits per heavy atom. The number of benzene rings is 2. The minimum Gasteiger partial charge on any atom is -0.468 e. The third kappa shape index (κ3) is 4.65. The number of nitrogens with one attached hydrogen (secondary N) is 1. The molecule has 2 aliphatic rings. The van der Waals surface area contributed by atoms with Crippen molar-refractivity contribution >= 4 is 12.0 Å². The summed E-state index contributed by atoms with van der Waals surface area (Å²) in [4.78, 5) is 19.6. The van der Waals surface area contributed by atoms with Crippen LogP contribution in [0.1, 0.15) is 51.4 Å². The lowest BCUT2D eigenvalue weighted by molar-refractivity contribution is 0.0377. The maximum atomic E-state index is 12.6. The number of hydrogen-bond acceptors (Lipinski definition) is 7. The predicted molar refractivity (Wildman–Crippen MR) is 154 cm³/mol. The van der Waals surface area contributed by atoms with Gasteiger partial charge in [-0.1, -0.05) is 54.6 Å². The third-order valence-corrected chi connectivity index (χ3v) is 7.40. The number of amides is 1. The van der Waals surface area contributed by atoms with Crippen LogP contribution in [0.15, 0.2) is 60.7 Å². The first-order valence-corrected chi connectivity index (χ1v) is 13.6. The van der Waals surface area contributed by atoms with Crippen molar-refractivity contribution in [2.24, 2.45) is 0 Å². The van der Waals surface area contributed by atoms with Gasteiger partial charge in [0, 0.05) is 25.2 Å². The Balaban J connectivity index is 1.40. The van der Waals surface area contributed by atoms with Crippen molar-refractivity contribution in [1.82, 2.24) is 25.1 Å². The van der Waals surface area contributed by atoms with Gasteiger partial charge < -0.3 is 19.7 Å². The summed E-state index contributed by atoms with van der Waals surface area (Å²) in [5.74, 6) is 1.99. The second-order valence-corrected chi connectivity index (χ2v) is 11.6. The SMILES string of the molecule is CN(C)c1nnc2n1-c1cc(-c3ccccc3)c(-c3ccc(C4(NC(=O)OC(C)(C)C)CCC4)cc3)nc1OC2. The number of alkyl carbamates (subject to hydrolysis) is 1. The fourth-order valence-corrected chi connectivity index (χ4v) is 5.34. The molecule has 40 heavy (non-hydrogen) atoms. The molecule has 206 valence electrons. The minimum atomic E-state index is -0.548. The maximum Gasteiger partial charge on any atom is 0.408 e. The van der Waals surface area contributed by atoms with E-state index in [0.717, 1.165) is 64.7 Å². The van der Waals surface area contributed by atoms with Gasteiger partial charge in [0.25, 0.3) is 0 Å². The van der Waals surface area contributed by atoms with Crippen LogP contribution in [0.3, 0.4) is 0 Å². The number of hydrogen-bond donors (Lipinski definition) is 1. The zero-order valence-electron chi connectivity index (χ0n) is 23.6. The Labute approximate surface area is 234 Å². The molecule has 0 bridgehead atoms. The van der Waals surface area contributed by atoms with Crippen molar-refractivity contribution < 1.29 is 14.3 Å². The monoisotopic (exact) mass is 538 g/mol. The summed E-state index contributed by atoms with van der Waals surface area (Å²) >= 11 is 0. The highest BCUT2D eigenvalue weighted by Crippen LogP contribution is 2.43. The highest BCUT2D eigenvalue weighted by Gasteiger charge is 2.41. The molecule has 4 aromatic rings. The Bertz CT molecular complexity index is 1550. The van der Waals surface area contributed by atoms with Crippen LogP contribution in [0, 0.1) is 0 Å². The topological polar surface area (TPSA) is 94.4 Å². The van der Waals surface area contributed by atoms with Crippen molar-refractivity contribution in [3.63, 3.8) is 0 Å². The normalized spacial score (nSPS) is 15.2. The smallest absolute Gasteiger partial charge is 0.408 e. The molecule has 1 N–H and O–H groups in total. The van der Waals surface area contributed by atoms with Crippen LogP contribution in [0.5, 0.6) is 5.88 Å². The fraction of sp³-hybridized carbons (Fsp3) is 0.355.